The third-order valence-corrected chi connectivity index (χ3v) is 6.10. The lowest BCUT2D eigenvalue weighted by Crippen LogP contribution is -2.39. The van der Waals surface area contributed by atoms with E-state index in [4.69, 9.17) is 0 Å². The van der Waals surface area contributed by atoms with Crippen LogP contribution in [0, 0.1) is 6.92 Å². The number of halogens is 3. The summed E-state index contributed by atoms with van der Waals surface area (Å²) in [5.74, 6) is 0.219. The van der Waals surface area contributed by atoms with Crippen LogP contribution in [-0.2, 0) is 6.18 Å². The lowest BCUT2D eigenvalue weighted by atomic mass is 9.95. The van der Waals surface area contributed by atoms with Gasteiger partial charge in [0.1, 0.15) is 5.82 Å². The van der Waals surface area contributed by atoms with Crippen molar-refractivity contribution >= 4 is 11.6 Å². The molecular weight excluding hydrogens is 433 g/mol. The Bertz CT molecular complexity index is 1320. The summed E-state index contributed by atoms with van der Waals surface area (Å²) in [6, 6.07) is 12.3. The van der Waals surface area contributed by atoms with E-state index in [-0.39, 0.29) is 5.92 Å². The second-order valence-electron chi connectivity index (χ2n) is 8.16. The van der Waals surface area contributed by atoms with Crippen LogP contribution in [0.15, 0.2) is 54.9 Å². The van der Waals surface area contributed by atoms with Crippen molar-refractivity contribution in [3.8, 4) is 5.69 Å². The van der Waals surface area contributed by atoms with Crippen LogP contribution in [0.1, 0.15) is 46.2 Å². The van der Waals surface area contributed by atoms with Crippen molar-refractivity contribution in [2.75, 3.05) is 13.1 Å². The Hall–Kier alpha value is -3.69. The minimum atomic E-state index is -4.73. The first-order chi connectivity index (χ1) is 15.8. The number of aryl methyl sites for hydroxylation is 1. The van der Waals surface area contributed by atoms with Crippen LogP contribution in [-0.4, -0.2) is 48.3 Å². The number of nitrogens with zero attached hydrogens (tertiary/aromatic N) is 6. The zero-order chi connectivity index (χ0) is 23.2. The van der Waals surface area contributed by atoms with Gasteiger partial charge in [-0.15, -0.1) is 10.2 Å². The molecule has 0 aliphatic carbocycles. The number of likely N-dealkylation sites (tertiary alicyclic amines) is 1. The monoisotopic (exact) mass is 454 g/mol. The van der Waals surface area contributed by atoms with Gasteiger partial charge in [-0.25, -0.2) is 4.68 Å². The van der Waals surface area contributed by atoms with Gasteiger partial charge in [0.05, 0.1) is 17.4 Å². The zero-order valence-corrected chi connectivity index (χ0v) is 17.8. The molecule has 0 saturated carbocycles. The van der Waals surface area contributed by atoms with Gasteiger partial charge in [0.15, 0.2) is 11.3 Å². The molecule has 0 spiro atoms. The number of alkyl halides is 3. The molecule has 1 aromatic carbocycles. The average molecular weight is 454 g/mol. The third-order valence-electron chi connectivity index (χ3n) is 6.10. The number of aromatic nitrogens is 5. The largest absolute Gasteiger partial charge is 0.434 e. The first-order valence-corrected chi connectivity index (χ1v) is 10.6. The standard InChI is InChI=1S/C23H21F3N6O/c1-15-6-2-3-7-18(15)32-20(23(24,25)26)17(14-27-32)22(33)30-12-9-16(10-13-30)21-29-28-19-8-4-5-11-31(19)21/h2-8,11,14,16H,9-10,12-13H2,1H3. The lowest BCUT2D eigenvalue weighted by Gasteiger charge is -2.31. The van der Waals surface area contributed by atoms with E-state index in [1.807, 2.05) is 28.8 Å². The van der Waals surface area contributed by atoms with Crippen LogP contribution in [0.5, 0.6) is 0 Å². The van der Waals surface area contributed by atoms with Gasteiger partial charge in [0, 0.05) is 25.2 Å². The van der Waals surface area contributed by atoms with Crippen LogP contribution >= 0.6 is 0 Å². The second-order valence-corrected chi connectivity index (χ2v) is 8.16. The van der Waals surface area contributed by atoms with Crippen molar-refractivity contribution < 1.29 is 18.0 Å². The van der Waals surface area contributed by atoms with E-state index < -0.39 is 23.3 Å². The highest BCUT2D eigenvalue weighted by molar-refractivity contribution is 5.95. The number of rotatable bonds is 3. The molecule has 10 heteroatoms. The zero-order valence-electron chi connectivity index (χ0n) is 17.8. The maximum absolute atomic E-state index is 14.0. The molecule has 0 atom stereocenters. The summed E-state index contributed by atoms with van der Waals surface area (Å²) in [5, 5.41) is 12.4. The van der Waals surface area contributed by atoms with Gasteiger partial charge in [-0.1, -0.05) is 24.3 Å². The quantitative estimate of drug-likeness (QED) is 0.464. The molecule has 0 unspecified atom stereocenters. The first-order valence-electron chi connectivity index (χ1n) is 10.6. The molecule has 1 aliphatic rings. The maximum atomic E-state index is 14.0. The molecule has 1 fully saturated rings. The normalized spacial score (nSPS) is 15.3. The fraction of sp³-hybridized carbons (Fsp3) is 0.304. The highest BCUT2D eigenvalue weighted by Gasteiger charge is 2.42. The van der Waals surface area contributed by atoms with E-state index >= 15 is 0 Å². The smallest absolute Gasteiger partial charge is 0.338 e. The molecule has 0 bridgehead atoms. The SMILES string of the molecule is Cc1ccccc1-n1ncc(C(=O)N2CCC(c3nnc4ccccn34)CC2)c1C(F)(F)F. The van der Waals surface area contributed by atoms with Crippen LogP contribution in [0.25, 0.3) is 11.3 Å². The molecule has 4 heterocycles. The molecule has 1 saturated heterocycles. The highest BCUT2D eigenvalue weighted by Crippen LogP contribution is 2.36. The van der Waals surface area contributed by atoms with Crippen LogP contribution < -0.4 is 0 Å². The first kappa shape index (κ1) is 21.2. The third kappa shape index (κ3) is 3.75. The number of pyridine rings is 1. The summed E-state index contributed by atoms with van der Waals surface area (Å²) >= 11 is 0. The number of carbonyl (C=O) groups excluding carboxylic acids is 1. The molecule has 0 radical (unpaired) electrons. The predicted octanol–water partition coefficient (Wildman–Crippen LogP) is 4.26. The Morgan fingerprint density at radius 3 is 2.48 bits per heavy atom. The molecule has 0 N–H and O–H groups in total. The molecule has 1 aliphatic heterocycles. The Morgan fingerprint density at radius 2 is 1.76 bits per heavy atom. The molecule has 5 rings (SSSR count). The second kappa shape index (κ2) is 8.02. The van der Waals surface area contributed by atoms with E-state index in [0.717, 1.165) is 22.4 Å². The van der Waals surface area contributed by atoms with Crippen molar-refractivity contribution in [1.82, 2.24) is 29.3 Å². The van der Waals surface area contributed by atoms with Crippen molar-refractivity contribution in [1.29, 1.82) is 0 Å². The van der Waals surface area contributed by atoms with Gasteiger partial charge in [0.25, 0.3) is 5.91 Å². The van der Waals surface area contributed by atoms with Crippen molar-refractivity contribution in [2.24, 2.45) is 0 Å². The Labute approximate surface area is 187 Å². The number of fused-ring (bicyclic) bond motifs is 1. The van der Waals surface area contributed by atoms with E-state index in [0.29, 0.717) is 37.2 Å². The summed E-state index contributed by atoms with van der Waals surface area (Å²) in [6.45, 7) is 2.37. The number of hydrogen-bond acceptors (Lipinski definition) is 4. The minimum Gasteiger partial charge on any atom is -0.338 e. The summed E-state index contributed by atoms with van der Waals surface area (Å²) in [4.78, 5) is 14.6. The number of benzene rings is 1. The molecular formula is C23H21F3N6O. The number of piperidine rings is 1. The molecule has 33 heavy (non-hydrogen) atoms. The van der Waals surface area contributed by atoms with Gasteiger partial charge < -0.3 is 4.90 Å². The highest BCUT2D eigenvalue weighted by atomic mass is 19.4. The summed E-state index contributed by atoms with van der Waals surface area (Å²) in [5.41, 5.74) is 0.182. The maximum Gasteiger partial charge on any atom is 0.434 e. The predicted molar refractivity (Wildman–Crippen MR) is 114 cm³/mol. The summed E-state index contributed by atoms with van der Waals surface area (Å²) in [6.07, 6.45) is -0.639. The van der Waals surface area contributed by atoms with Gasteiger partial charge in [0.2, 0.25) is 0 Å². The van der Waals surface area contributed by atoms with Gasteiger partial charge in [-0.2, -0.15) is 18.3 Å². The Balaban J connectivity index is 1.40. The number of para-hydroxylation sites is 1. The van der Waals surface area contributed by atoms with Crippen molar-refractivity contribution in [3.05, 3.63) is 77.5 Å². The number of hydrogen-bond donors (Lipinski definition) is 0. The van der Waals surface area contributed by atoms with Crippen molar-refractivity contribution in [3.63, 3.8) is 0 Å². The number of amides is 1. The molecule has 170 valence electrons. The fourth-order valence-corrected chi connectivity index (χ4v) is 4.41. The molecule has 3 aromatic heterocycles. The molecule has 7 nitrogen and oxygen atoms in total. The average Bonchev–Trinajstić information content (AvgIpc) is 3.44. The van der Waals surface area contributed by atoms with Crippen LogP contribution in [0.2, 0.25) is 0 Å². The summed E-state index contributed by atoms with van der Waals surface area (Å²) < 4.78 is 44.8. The minimum absolute atomic E-state index is 0.0724. The Kier molecular flexibility index (Phi) is 5.15. The van der Waals surface area contributed by atoms with Crippen LogP contribution in [0.4, 0.5) is 13.2 Å². The lowest BCUT2D eigenvalue weighted by molar-refractivity contribution is -0.143. The fourth-order valence-electron chi connectivity index (χ4n) is 4.41. The van der Waals surface area contributed by atoms with E-state index in [2.05, 4.69) is 15.3 Å². The van der Waals surface area contributed by atoms with Crippen molar-refractivity contribution in [2.45, 2.75) is 31.9 Å². The van der Waals surface area contributed by atoms with E-state index in [1.54, 1.807) is 31.2 Å². The topological polar surface area (TPSA) is 68.3 Å². The van der Waals surface area contributed by atoms with Gasteiger partial charge in [-0.05, 0) is 43.5 Å². The molecule has 1 amide bonds. The molecule has 4 aromatic rings. The van der Waals surface area contributed by atoms with Crippen LogP contribution in [0.3, 0.4) is 0 Å². The summed E-state index contributed by atoms with van der Waals surface area (Å²) in [7, 11) is 0. The Morgan fingerprint density at radius 1 is 1.03 bits per heavy atom. The number of carbonyl (C=O) groups is 1. The van der Waals surface area contributed by atoms with Gasteiger partial charge in [-0.3, -0.25) is 9.20 Å². The van der Waals surface area contributed by atoms with Gasteiger partial charge >= 0.3 is 6.18 Å². The van der Waals surface area contributed by atoms with E-state index in [9.17, 15) is 18.0 Å². The van der Waals surface area contributed by atoms with E-state index in [1.165, 1.54) is 4.90 Å².